The molecule has 336 valence electrons. The summed E-state index contributed by atoms with van der Waals surface area (Å²) in [7, 11) is 0. The van der Waals surface area contributed by atoms with Gasteiger partial charge in [0.25, 0.3) is 0 Å². The lowest BCUT2D eigenvalue weighted by Crippen LogP contribution is -2.33. The van der Waals surface area contributed by atoms with Crippen LogP contribution >= 0.6 is 11.3 Å². The SMILES string of the molecule is c1ccc2c(c1)Oc1ccccc1C21c2ccccc2-c2ccc(N(c3ccc(-c4ccc5c(c4)sc4ccccc45)cc3)c3cccc4c3C3(c5ccccc5Oc5ccccc53)c3ccccc3-4)cc21. The van der Waals surface area contributed by atoms with Gasteiger partial charge in [0.15, 0.2) is 0 Å². The number of hydrogen-bond donors (Lipinski definition) is 0. The van der Waals surface area contributed by atoms with E-state index in [-0.39, 0.29) is 0 Å². The fraction of sp³-hybridized carbons (Fsp3) is 0.0294. The van der Waals surface area contributed by atoms with Crippen molar-refractivity contribution in [3.63, 3.8) is 0 Å². The molecule has 1 aromatic heterocycles. The molecule has 11 aromatic carbocycles. The molecule has 2 aliphatic carbocycles. The summed E-state index contributed by atoms with van der Waals surface area (Å²) >= 11 is 1.86. The molecular weight excluding hydrogens is 895 g/mol. The van der Waals surface area contributed by atoms with Crippen molar-refractivity contribution in [1.82, 2.24) is 0 Å². The van der Waals surface area contributed by atoms with Crippen LogP contribution in [-0.2, 0) is 10.8 Å². The van der Waals surface area contributed by atoms with Crippen LogP contribution in [0.1, 0.15) is 44.5 Å². The van der Waals surface area contributed by atoms with E-state index in [1.54, 1.807) is 0 Å². The molecule has 0 saturated carbocycles. The third kappa shape index (κ3) is 5.18. The van der Waals surface area contributed by atoms with Gasteiger partial charge in [0.05, 0.1) is 16.5 Å². The first kappa shape index (κ1) is 39.8. The minimum absolute atomic E-state index is 0.636. The average Bonchev–Trinajstić information content (AvgIpc) is 4.07. The first-order valence-corrected chi connectivity index (χ1v) is 25.5. The van der Waals surface area contributed by atoms with Crippen molar-refractivity contribution in [3.05, 3.63) is 293 Å². The molecule has 0 atom stereocenters. The number of benzene rings is 11. The zero-order valence-corrected chi connectivity index (χ0v) is 39.7. The van der Waals surface area contributed by atoms with E-state index in [1.165, 1.54) is 75.8 Å². The standard InChI is InChI=1S/C68H41NO2S/c1-4-20-52-46(16-1)48-39-37-45(41-58(48)67(52)54-22-6-10-27-60(54)70-61-28-11-7-23-55(61)67)69(44-35-32-42(33-36-44)43-34-38-50-49-18-3-14-31-64(49)72-65(50)40-43)59-26-15-19-51-47-17-2-5-21-53(47)68(66(51)59)56-24-8-12-29-62(56)71-63-30-13-9-25-57(63)68/h1-41H. The molecule has 2 aliphatic heterocycles. The minimum Gasteiger partial charge on any atom is -0.457 e. The van der Waals surface area contributed by atoms with Crippen LogP contribution in [-0.4, -0.2) is 0 Å². The van der Waals surface area contributed by atoms with E-state index in [9.17, 15) is 0 Å². The van der Waals surface area contributed by atoms with Crippen molar-refractivity contribution < 1.29 is 9.47 Å². The van der Waals surface area contributed by atoms with Crippen LogP contribution in [0.3, 0.4) is 0 Å². The van der Waals surface area contributed by atoms with E-state index < -0.39 is 10.8 Å². The van der Waals surface area contributed by atoms with Crippen molar-refractivity contribution in [2.24, 2.45) is 0 Å². The molecule has 4 heteroatoms. The largest absolute Gasteiger partial charge is 0.457 e. The van der Waals surface area contributed by atoms with E-state index >= 15 is 0 Å². The van der Waals surface area contributed by atoms with Crippen LogP contribution in [0.5, 0.6) is 23.0 Å². The second kappa shape index (κ2) is 14.8. The third-order valence-electron chi connectivity index (χ3n) is 16.0. The van der Waals surface area contributed by atoms with E-state index in [0.29, 0.717) is 0 Å². The smallest absolute Gasteiger partial charge is 0.132 e. The summed E-state index contributed by atoms with van der Waals surface area (Å²) in [6.07, 6.45) is 0. The fourth-order valence-electron chi connectivity index (χ4n) is 13.2. The molecule has 3 nitrogen and oxygen atoms in total. The van der Waals surface area contributed by atoms with Gasteiger partial charge in [0.2, 0.25) is 0 Å². The molecule has 0 unspecified atom stereocenters. The van der Waals surface area contributed by atoms with Crippen LogP contribution < -0.4 is 14.4 Å². The fourth-order valence-corrected chi connectivity index (χ4v) is 14.3. The third-order valence-corrected chi connectivity index (χ3v) is 17.1. The average molecular weight is 936 g/mol. The molecule has 72 heavy (non-hydrogen) atoms. The molecule has 3 heterocycles. The predicted octanol–water partition coefficient (Wildman–Crippen LogP) is 18.1. The first-order valence-electron chi connectivity index (χ1n) is 24.7. The Kier molecular flexibility index (Phi) is 8.18. The van der Waals surface area contributed by atoms with Crippen molar-refractivity contribution in [1.29, 1.82) is 0 Å². The van der Waals surface area contributed by atoms with Crippen LogP contribution in [0.25, 0.3) is 53.6 Å². The van der Waals surface area contributed by atoms with Gasteiger partial charge in [0.1, 0.15) is 23.0 Å². The van der Waals surface area contributed by atoms with Gasteiger partial charge in [-0.1, -0.05) is 182 Å². The number of nitrogens with zero attached hydrogens (tertiary/aromatic N) is 1. The summed E-state index contributed by atoms with van der Waals surface area (Å²) in [6.45, 7) is 0. The number of hydrogen-bond acceptors (Lipinski definition) is 4. The molecule has 0 saturated heterocycles. The molecule has 0 fully saturated rings. The van der Waals surface area contributed by atoms with Gasteiger partial charge in [0, 0.05) is 59.4 Å². The number of fused-ring (bicyclic) bond motifs is 21. The molecular formula is C68H41NO2S. The van der Waals surface area contributed by atoms with Gasteiger partial charge in [-0.25, -0.2) is 0 Å². The number of rotatable bonds is 4. The molecule has 2 spiro atoms. The number of para-hydroxylation sites is 4. The maximum absolute atomic E-state index is 6.84. The van der Waals surface area contributed by atoms with Gasteiger partial charge < -0.3 is 14.4 Å². The summed E-state index contributed by atoms with van der Waals surface area (Å²) in [4.78, 5) is 2.53. The molecule has 0 bridgehead atoms. The Morgan fingerprint density at radius 2 is 0.778 bits per heavy atom. The van der Waals surface area contributed by atoms with Crippen LogP contribution in [0.4, 0.5) is 17.1 Å². The summed E-state index contributed by atoms with van der Waals surface area (Å²) in [5.74, 6) is 3.49. The van der Waals surface area contributed by atoms with E-state index in [1.807, 2.05) is 11.3 Å². The van der Waals surface area contributed by atoms with Gasteiger partial charge in [-0.3, -0.25) is 0 Å². The van der Waals surface area contributed by atoms with Crippen molar-refractivity contribution in [2.75, 3.05) is 4.90 Å². The first-order chi connectivity index (χ1) is 35.7. The maximum Gasteiger partial charge on any atom is 0.132 e. The quantitative estimate of drug-likeness (QED) is 0.176. The highest BCUT2D eigenvalue weighted by Gasteiger charge is 2.54. The Labute approximate surface area is 421 Å². The lowest BCUT2D eigenvalue weighted by atomic mass is 9.65. The lowest BCUT2D eigenvalue weighted by Gasteiger charge is -2.42. The van der Waals surface area contributed by atoms with Crippen LogP contribution in [0.2, 0.25) is 0 Å². The van der Waals surface area contributed by atoms with Crippen LogP contribution in [0, 0.1) is 0 Å². The number of anilines is 3. The van der Waals surface area contributed by atoms with E-state index in [0.717, 1.165) is 62.3 Å². The van der Waals surface area contributed by atoms with E-state index in [4.69, 9.17) is 9.47 Å². The number of thiophene rings is 1. The normalized spacial score (nSPS) is 14.3. The Hall–Kier alpha value is -8.96. The van der Waals surface area contributed by atoms with Gasteiger partial charge >= 0.3 is 0 Å². The van der Waals surface area contributed by atoms with Gasteiger partial charge in [-0.05, 0) is 117 Å². The zero-order valence-electron chi connectivity index (χ0n) is 38.8. The van der Waals surface area contributed by atoms with Gasteiger partial charge in [-0.15, -0.1) is 11.3 Å². The second-order valence-corrected chi connectivity index (χ2v) is 20.5. The maximum atomic E-state index is 6.84. The molecule has 4 aliphatic rings. The predicted molar refractivity (Wildman–Crippen MR) is 294 cm³/mol. The molecule has 0 radical (unpaired) electrons. The van der Waals surface area contributed by atoms with Crippen molar-refractivity contribution in [3.8, 4) is 56.4 Å². The summed E-state index contributed by atoms with van der Waals surface area (Å²) in [5.41, 5.74) is 18.7. The Morgan fingerprint density at radius 3 is 1.43 bits per heavy atom. The molecule has 0 amide bonds. The highest BCUT2D eigenvalue weighted by atomic mass is 32.1. The van der Waals surface area contributed by atoms with Crippen LogP contribution in [0.15, 0.2) is 249 Å². The second-order valence-electron chi connectivity index (χ2n) is 19.4. The minimum atomic E-state index is -0.696. The highest BCUT2D eigenvalue weighted by Crippen LogP contribution is 2.66. The van der Waals surface area contributed by atoms with Gasteiger partial charge in [-0.2, -0.15) is 0 Å². The topological polar surface area (TPSA) is 21.7 Å². The zero-order chi connectivity index (χ0) is 47.1. The Morgan fingerprint density at radius 1 is 0.306 bits per heavy atom. The summed E-state index contributed by atoms with van der Waals surface area (Å²) < 4.78 is 16.2. The Bertz CT molecular complexity index is 4170. The molecule has 0 N–H and O–H groups in total. The van der Waals surface area contributed by atoms with Crippen molar-refractivity contribution in [2.45, 2.75) is 10.8 Å². The molecule has 16 rings (SSSR count). The Balaban J connectivity index is 0.976. The monoisotopic (exact) mass is 935 g/mol. The highest BCUT2D eigenvalue weighted by molar-refractivity contribution is 7.25. The lowest BCUT2D eigenvalue weighted by molar-refractivity contribution is 0.436. The summed E-state index contributed by atoms with van der Waals surface area (Å²) in [6, 6.07) is 91.6. The summed E-state index contributed by atoms with van der Waals surface area (Å²) in [5, 5.41) is 2.62. The van der Waals surface area contributed by atoms with Crippen molar-refractivity contribution >= 4 is 48.6 Å². The number of ether oxygens (including phenoxy) is 2. The molecule has 12 aromatic rings. The van der Waals surface area contributed by atoms with E-state index in [2.05, 4.69) is 254 Å².